The monoisotopic (exact) mass is 402 g/mol. The minimum absolute atomic E-state index is 0.0864. The minimum atomic E-state index is -3.68. The van der Waals surface area contributed by atoms with Crippen LogP contribution in [0.4, 0.5) is 5.69 Å². The van der Waals surface area contributed by atoms with Crippen molar-refractivity contribution in [3.05, 3.63) is 44.9 Å². The van der Waals surface area contributed by atoms with Crippen molar-refractivity contribution in [2.75, 3.05) is 6.54 Å². The second-order valence-electron chi connectivity index (χ2n) is 5.93. The number of rotatable bonds is 5. The van der Waals surface area contributed by atoms with E-state index >= 15 is 0 Å². The fraction of sp³-hybridized carbons (Fsp3) is 0.467. The molecule has 23 heavy (non-hydrogen) atoms. The van der Waals surface area contributed by atoms with Crippen molar-refractivity contribution in [2.24, 2.45) is 5.92 Å². The van der Waals surface area contributed by atoms with Gasteiger partial charge in [0.2, 0.25) is 10.0 Å². The van der Waals surface area contributed by atoms with E-state index in [2.05, 4.69) is 15.9 Å². The van der Waals surface area contributed by atoms with Crippen LogP contribution < -0.4 is 0 Å². The van der Waals surface area contributed by atoms with Gasteiger partial charge in [0.15, 0.2) is 0 Å². The summed E-state index contributed by atoms with van der Waals surface area (Å²) >= 11 is 3.46. The lowest BCUT2D eigenvalue weighted by molar-refractivity contribution is -0.384. The molecule has 1 heterocycles. The van der Waals surface area contributed by atoms with Gasteiger partial charge < -0.3 is 0 Å². The number of sulfonamides is 1. The lowest BCUT2D eigenvalue weighted by Crippen LogP contribution is -2.42. The number of nitrogens with zero attached hydrogens (tertiary/aromatic N) is 2. The van der Waals surface area contributed by atoms with Crippen LogP contribution >= 0.6 is 15.9 Å². The number of nitro benzene ring substituents is 1. The van der Waals surface area contributed by atoms with E-state index in [1.54, 1.807) is 0 Å². The van der Waals surface area contributed by atoms with Crippen LogP contribution in [0.1, 0.15) is 26.7 Å². The number of halogens is 1. The summed E-state index contributed by atoms with van der Waals surface area (Å²) in [5.41, 5.74) is -0.121. The van der Waals surface area contributed by atoms with Gasteiger partial charge in [0.25, 0.3) is 5.69 Å². The van der Waals surface area contributed by atoms with E-state index in [9.17, 15) is 18.5 Å². The van der Waals surface area contributed by atoms with E-state index in [1.165, 1.54) is 28.6 Å². The molecule has 6 nitrogen and oxygen atoms in total. The van der Waals surface area contributed by atoms with Crippen molar-refractivity contribution >= 4 is 31.6 Å². The first-order valence-electron chi connectivity index (χ1n) is 7.34. The molecule has 126 valence electrons. The van der Waals surface area contributed by atoms with Crippen LogP contribution in [-0.4, -0.2) is 30.2 Å². The molecule has 0 radical (unpaired) electrons. The molecular weight excluding hydrogens is 384 g/mol. The van der Waals surface area contributed by atoms with E-state index < -0.39 is 14.9 Å². The van der Waals surface area contributed by atoms with Crippen molar-refractivity contribution in [3.63, 3.8) is 0 Å². The van der Waals surface area contributed by atoms with Gasteiger partial charge in [-0.05, 0) is 35.4 Å². The Morgan fingerprint density at radius 2 is 1.96 bits per heavy atom. The maximum absolute atomic E-state index is 12.9. The molecule has 0 fully saturated rings. The molecule has 1 aromatic rings. The van der Waals surface area contributed by atoms with Gasteiger partial charge in [-0.15, -0.1) is 0 Å². The molecule has 1 aliphatic heterocycles. The molecule has 0 spiro atoms. The highest BCUT2D eigenvalue weighted by Gasteiger charge is 2.33. The largest absolute Gasteiger partial charge is 0.269 e. The van der Waals surface area contributed by atoms with Crippen LogP contribution in [0.15, 0.2) is 39.7 Å². The Hall–Kier alpha value is -1.25. The second-order valence-corrected chi connectivity index (χ2v) is 8.84. The molecule has 0 saturated carbocycles. The third-order valence-corrected chi connectivity index (χ3v) is 6.28. The first-order valence-corrected chi connectivity index (χ1v) is 9.57. The van der Waals surface area contributed by atoms with Crippen LogP contribution in [0.25, 0.3) is 0 Å². The maximum atomic E-state index is 12.9. The van der Waals surface area contributed by atoms with Crippen molar-refractivity contribution in [3.8, 4) is 0 Å². The van der Waals surface area contributed by atoms with E-state index in [4.69, 9.17) is 0 Å². The zero-order valence-corrected chi connectivity index (χ0v) is 15.4. The van der Waals surface area contributed by atoms with Crippen molar-refractivity contribution in [2.45, 2.75) is 37.6 Å². The summed E-state index contributed by atoms with van der Waals surface area (Å²) in [4.78, 5) is 10.2. The molecule has 1 aromatic carbocycles. The van der Waals surface area contributed by atoms with Crippen LogP contribution in [0.5, 0.6) is 0 Å². The summed E-state index contributed by atoms with van der Waals surface area (Å²) in [5.74, 6) is 0.351. The zero-order chi connectivity index (χ0) is 17.2. The fourth-order valence-electron chi connectivity index (χ4n) is 2.60. The topological polar surface area (TPSA) is 80.5 Å². The maximum Gasteiger partial charge on any atom is 0.269 e. The Balaban J connectivity index is 2.34. The number of hydrogen-bond acceptors (Lipinski definition) is 4. The van der Waals surface area contributed by atoms with Gasteiger partial charge in [-0.3, -0.25) is 10.1 Å². The second kappa shape index (κ2) is 7.11. The van der Waals surface area contributed by atoms with E-state index in [1.807, 2.05) is 19.9 Å². The summed E-state index contributed by atoms with van der Waals surface area (Å²) < 4.78 is 28.3. The zero-order valence-electron chi connectivity index (χ0n) is 13.0. The van der Waals surface area contributed by atoms with Gasteiger partial charge in [0.05, 0.1) is 9.82 Å². The van der Waals surface area contributed by atoms with Crippen molar-refractivity contribution in [1.82, 2.24) is 4.31 Å². The Labute approximate surface area is 144 Å². The molecule has 0 bridgehead atoms. The molecule has 1 atom stereocenters. The number of nitro groups is 1. The average molecular weight is 403 g/mol. The lowest BCUT2D eigenvalue weighted by atomic mass is 10.0. The van der Waals surface area contributed by atoms with Gasteiger partial charge in [0, 0.05) is 24.7 Å². The number of benzene rings is 1. The molecule has 0 aliphatic carbocycles. The standard InChI is InChI=1S/C15H19BrN2O4S/c1-11(2)9-14-10-12(16)7-8-17(14)23(21,22)15-5-3-13(4-6-15)18(19)20/h3-6,10-11,14H,7-9H2,1-2H3. The predicted octanol–water partition coefficient (Wildman–Crippen LogP) is 3.68. The highest BCUT2D eigenvalue weighted by Crippen LogP contribution is 2.30. The van der Waals surface area contributed by atoms with E-state index in [-0.39, 0.29) is 16.6 Å². The van der Waals surface area contributed by atoms with Gasteiger partial charge in [0.1, 0.15) is 0 Å². The summed E-state index contributed by atoms with van der Waals surface area (Å²) in [5, 5.41) is 10.7. The third-order valence-electron chi connectivity index (χ3n) is 3.68. The average Bonchev–Trinajstić information content (AvgIpc) is 2.46. The predicted molar refractivity (Wildman–Crippen MR) is 91.9 cm³/mol. The first kappa shape index (κ1) is 18.1. The highest BCUT2D eigenvalue weighted by molar-refractivity contribution is 9.11. The van der Waals surface area contributed by atoms with Gasteiger partial charge in [-0.2, -0.15) is 4.31 Å². The molecule has 1 aliphatic rings. The molecule has 0 amide bonds. The summed E-state index contributed by atoms with van der Waals surface area (Å²) in [6.45, 7) is 4.49. The lowest BCUT2D eigenvalue weighted by Gasteiger charge is -2.33. The molecule has 0 aromatic heterocycles. The molecular formula is C15H19BrN2O4S. The molecule has 0 saturated heterocycles. The Kier molecular flexibility index (Phi) is 5.59. The Morgan fingerprint density at radius 1 is 1.35 bits per heavy atom. The van der Waals surface area contributed by atoms with Crippen LogP contribution in [0, 0.1) is 16.0 Å². The first-order chi connectivity index (χ1) is 10.7. The van der Waals surface area contributed by atoms with Crippen molar-refractivity contribution < 1.29 is 13.3 Å². The summed E-state index contributed by atoms with van der Waals surface area (Å²) in [6.07, 6.45) is 3.29. The SMILES string of the molecule is CC(C)CC1C=C(Br)CCN1S(=O)(=O)c1ccc([N+](=O)[O-])cc1. The molecule has 0 N–H and O–H groups in total. The fourth-order valence-corrected chi connectivity index (χ4v) is 4.67. The minimum Gasteiger partial charge on any atom is -0.258 e. The van der Waals surface area contributed by atoms with E-state index in [0.717, 1.165) is 10.9 Å². The van der Waals surface area contributed by atoms with E-state index in [0.29, 0.717) is 18.9 Å². The van der Waals surface area contributed by atoms with Gasteiger partial charge >= 0.3 is 0 Å². The van der Waals surface area contributed by atoms with Gasteiger partial charge in [-0.1, -0.05) is 35.9 Å². The normalized spacial score (nSPS) is 19.7. The quantitative estimate of drug-likeness (QED) is 0.555. The summed E-state index contributed by atoms with van der Waals surface area (Å²) in [6, 6.07) is 4.83. The molecule has 1 unspecified atom stereocenters. The molecule has 8 heteroatoms. The van der Waals surface area contributed by atoms with Crippen LogP contribution in [-0.2, 0) is 10.0 Å². The third kappa shape index (κ3) is 4.19. The highest BCUT2D eigenvalue weighted by atomic mass is 79.9. The molecule has 2 rings (SSSR count). The number of hydrogen-bond donors (Lipinski definition) is 0. The van der Waals surface area contributed by atoms with Gasteiger partial charge in [-0.25, -0.2) is 8.42 Å². The summed E-state index contributed by atoms with van der Waals surface area (Å²) in [7, 11) is -3.68. The van der Waals surface area contributed by atoms with Crippen LogP contribution in [0.3, 0.4) is 0 Å². The Morgan fingerprint density at radius 3 is 2.48 bits per heavy atom. The van der Waals surface area contributed by atoms with Crippen molar-refractivity contribution in [1.29, 1.82) is 0 Å². The van der Waals surface area contributed by atoms with Crippen LogP contribution in [0.2, 0.25) is 0 Å². The number of non-ortho nitro benzene ring substituents is 1. The smallest absolute Gasteiger partial charge is 0.258 e. The Bertz CT molecular complexity index is 713.